The normalized spacial score (nSPS) is 16.2. The highest BCUT2D eigenvalue weighted by Gasteiger charge is 2.30. The molecule has 1 aliphatic rings. The van der Waals surface area contributed by atoms with Gasteiger partial charge in [0, 0.05) is 17.9 Å². The zero-order valence-corrected chi connectivity index (χ0v) is 12.1. The molecule has 20 heavy (non-hydrogen) atoms. The van der Waals surface area contributed by atoms with E-state index in [0.29, 0.717) is 6.04 Å². The van der Waals surface area contributed by atoms with Gasteiger partial charge in [0.2, 0.25) is 0 Å². The summed E-state index contributed by atoms with van der Waals surface area (Å²) in [4.78, 5) is 0. The first-order valence-corrected chi connectivity index (χ1v) is 7.70. The van der Waals surface area contributed by atoms with E-state index in [1.165, 1.54) is 25.0 Å². The van der Waals surface area contributed by atoms with Gasteiger partial charge in [0.1, 0.15) is 0 Å². The topological polar surface area (TPSA) is 29.9 Å². The van der Waals surface area contributed by atoms with Crippen LogP contribution in [0.2, 0.25) is 0 Å². The highest BCUT2D eigenvalue weighted by molar-refractivity contribution is 5.32. The van der Waals surface area contributed by atoms with Gasteiger partial charge >= 0.3 is 0 Å². The van der Waals surface area contributed by atoms with Crippen molar-refractivity contribution in [3.05, 3.63) is 48.3 Å². The minimum atomic E-state index is 0.680. The summed E-state index contributed by atoms with van der Waals surface area (Å²) in [5.74, 6) is 0.906. The van der Waals surface area contributed by atoms with Crippen molar-refractivity contribution in [3.8, 4) is 5.69 Å². The summed E-state index contributed by atoms with van der Waals surface area (Å²) in [7, 11) is 0. The number of nitrogens with one attached hydrogen (secondary N) is 1. The molecule has 1 unspecified atom stereocenters. The molecule has 0 bridgehead atoms. The minimum absolute atomic E-state index is 0.680. The molecule has 1 fully saturated rings. The Morgan fingerprint density at radius 2 is 2.05 bits per heavy atom. The van der Waals surface area contributed by atoms with Crippen molar-refractivity contribution in [2.24, 2.45) is 5.92 Å². The quantitative estimate of drug-likeness (QED) is 0.836. The SMILES string of the molecule is CCNC(CCc1ccnn1-c1ccccc1)C1CC1. The predicted molar refractivity (Wildman–Crippen MR) is 82.1 cm³/mol. The molecule has 1 saturated carbocycles. The average molecular weight is 269 g/mol. The van der Waals surface area contributed by atoms with Gasteiger partial charge in [-0.15, -0.1) is 0 Å². The Balaban J connectivity index is 1.67. The van der Waals surface area contributed by atoms with E-state index >= 15 is 0 Å². The zero-order valence-electron chi connectivity index (χ0n) is 12.1. The van der Waals surface area contributed by atoms with E-state index in [-0.39, 0.29) is 0 Å². The van der Waals surface area contributed by atoms with Gasteiger partial charge in [0.25, 0.3) is 0 Å². The van der Waals surface area contributed by atoms with Gasteiger partial charge < -0.3 is 5.32 Å². The number of benzene rings is 1. The van der Waals surface area contributed by atoms with Gasteiger partial charge in [0.15, 0.2) is 0 Å². The van der Waals surface area contributed by atoms with E-state index in [4.69, 9.17) is 0 Å². The van der Waals surface area contributed by atoms with Crippen LogP contribution >= 0.6 is 0 Å². The van der Waals surface area contributed by atoms with E-state index in [1.54, 1.807) is 0 Å². The first kappa shape index (κ1) is 13.4. The summed E-state index contributed by atoms with van der Waals surface area (Å²) >= 11 is 0. The van der Waals surface area contributed by atoms with E-state index in [9.17, 15) is 0 Å². The number of hydrogen-bond donors (Lipinski definition) is 1. The van der Waals surface area contributed by atoms with Gasteiger partial charge in [-0.25, -0.2) is 4.68 Å². The van der Waals surface area contributed by atoms with Crippen LogP contribution in [0.5, 0.6) is 0 Å². The molecule has 1 aromatic carbocycles. The monoisotopic (exact) mass is 269 g/mol. The van der Waals surface area contributed by atoms with Crippen LogP contribution in [0.25, 0.3) is 5.69 Å². The fourth-order valence-corrected chi connectivity index (χ4v) is 2.89. The van der Waals surface area contributed by atoms with E-state index < -0.39 is 0 Å². The molecule has 3 nitrogen and oxygen atoms in total. The Labute approximate surface area is 121 Å². The van der Waals surface area contributed by atoms with Crippen LogP contribution < -0.4 is 5.32 Å². The molecule has 2 aromatic rings. The van der Waals surface area contributed by atoms with Crippen LogP contribution in [0, 0.1) is 5.92 Å². The number of aryl methyl sites for hydroxylation is 1. The number of para-hydroxylation sites is 1. The zero-order chi connectivity index (χ0) is 13.8. The molecule has 1 heterocycles. The third kappa shape index (κ3) is 3.10. The molecule has 1 aliphatic carbocycles. The number of rotatable bonds is 7. The van der Waals surface area contributed by atoms with Crippen molar-refractivity contribution in [2.75, 3.05) is 6.54 Å². The largest absolute Gasteiger partial charge is 0.314 e. The molecular formula is C17H23N3. The molecule has 3 rings (SSSR count). The smallest absolute Gasteiger partial charge is 0.0648 e. The lowest BCUT2D eigenvalue weighted by atomic mass is 10.0. The molecule has 106 valence electrons. The molecule has 0 spiro atoms. The molecule has 1 atom stereocenters. The molecule has 1 N–H and O–H groups in total. The summed E-state index contributed by atoms with van der Waals surface area (Å²) in [5.41, 5.74) is 2.46. The molecule has 3 heteroatoms. The Morgan fingerprint density at radius 1 is 1.25 bits per heavy atom. The third-order valence-corrected chi connectivity index (χ3v) is 4.09. The summed E-state index contributed by atoms with van der Waals surface area (Å²) in [6.45, 7) is 3.27. The van der Waals surface area contributed by atoms with E-state index in [1.807, 2.05) is 12.3 Å². The van der Waals surface area contributed by atoms with Crippen LogP contribution in [0.4, 0.5) is 0 Å². The molecule has 0 saturated heterocycles. The van der Waals surface area contributed by atoms with Crippen molar-refractivity contribution >= 4 is 0 Å². The van der Waals surface area contributed by atoms with Crippen LogP contribution in [0.1, 0.15) is 31.9 Å². The van der Waals surface area contributed by atoms with Crippen molar-refractivity contribution < 1.29 is 0 Å². The highest BCUT2D eigenvalue weighted by atomic mass is 15.3. The lowest BCUT2D eigenvalue weighted by molar-refractivity contribution is 0.443. The van der Waals surface area contributed by atoms with Crippen LogP contribution in [-0.4, -0.2) is 22.4 Å². The molecule has 1 aromatic heterocycles. The third-order valence-electron chi connectivity index (χ3n) is 4.09. The molecular weight excluding hydrogens is 246 g/mol. The van der Waals surface area contributed by atoms with Crippen LogP contribution in [-0.2, 0) is 6.42 Å². The number of nitrogens with zero attached hydrogens (tertiary/aromatic N) is 2. The minimum Gasteiger partial charge on any atom is -0.314 e. The lowest BCUT2D eigenvalue weighted by Crippen LogP contribution is -2.31. The van der Waals surface area contributed by atoms with Crippen molar-refractivity contribution in [2.45, 2.75) is 38.6 Å². The van der Waals surface area contributed by atoms with Gasteiger partial charge in [-0.2, -0.15) is 5.10 Å². The fraction of sp³-hybridized carbons (Fsp3) is 0.471. The highest BCUT2D eigenvalue weighted by Crippen LogP contribution is 2.34. The van der Waals surface area contributed by atoms with Gasteiger partial charge in [-0.3, -0.25) is 0 Å². The summed E-state index contributed by atoms with van der Waals surface area (Å²) in [5, 5.41) is 8.10. The summed E-state index contributed by atoms with van der Waals surface area (Å²) < 4.78 is 2.07. The molecule has 0 amide bonds. The van der Waals surface area contributed by atoms with Crippen molar-refractivity contribution in [1.29, 1.82) is 0 Å². The first-order chi connectivity index (χ1) is 9.88. The Hall–Kier alpha value is -1.61. The Bertz CT molecular complexity index is 528. The summed E-state index contributed by atoms with van der Waals surface area (Å²) in [6, 6.07) is 13.2. The standard InChI is InChI=1S/C17H23N3/c1-2-18-17(14-8-9-14)11-10-16-12-13-19-20(16)15-6-4-3-5-7-15/h3-7,12-14,17-18H,2,8-11H2,1H3. The van der Waals surface area contributed by atoms with Gasteiger partial charge in [0.05, 0.1) is 5.69 Å². The van der Waals surface area contributed by atoms with Gasteiger partial charge in [-0.05, 0) is 56.3 Å². The molecule has 0 radical (unpaired) electrons. The number of aromatic nitrogens is 2. The second-order valence-corrected chi connectivity index (χ2v) is 5.61. The van der Waals surface area contributed by atoms with Crippen molar-refractivity contribution in [1.82, 2.24) is 15.1 Å². The maximum Gasteiger partial charge on any atom is 0.0648 e. The average Bonchev–Trinajstić information content (AvgIpc) is 3.22. The van der Waals surface area contributed by atoms with Crippen molar-refractivity contribution in [3.63, 3.8) is 0 Å². The summed E-state index contributed by atoms with van der Waals surface area (Å²) in [6.07, 6.45) is 6.99. The maximum absolute atomic E-state index is 4.47. The van der Waals surface area contributed by atoms with E-state index in [2.05, 4.69) is 52.4 Å². The Morgan fingerprint density at radius 3 is 2.75 bits per heavy atom. The number of hydrogen-bond acceptors (Lipinski definition) is 2. The van der Waals surface area contributed by atoms with Crippen LogP contribution in [0.15, 0.2) is 42.6 Å². The second-order valence-electron chi connectivity index (χ2n) is 5.61. The lowest BCUT2D eigenvalue weighted by Gasteiger charge is -2.17. The predicted octanol–water partition coefficient (Wildman–Crippen LogP) is 3.19. The fourth-order valence-electron chi connectivity index (χ4n) is 2.89. The molecule has 0 aliphatic heterocycles. The second kappa shape index (κ2) is 6.23. The Kier molecular flexibility index (Phi) is 4.16. The van der Waals surface area contributed by atoms with E-state index in [0.717, 1.165) is 24.6 Å². The maximum atomic E-state index is 4.47. The first-order valence-electron chi connectivity index (χ1n) is 7.70. The van der Waals surface area contributed by atoms with Crippen LogP contribution in [0.3, 0.4) is 0 Å². The van der Waals surface area contributed by atoms with Gasteiger partial charge in [-0.1, -0.05) is 25.1 Å².